The zero-order valence-electron chi connectivity index (χ0n) is 18.6. The number of carbonyl (C=O) groups excluding carboxylic acids is 2. The number of likely N-dealkylation sites (N-methyl/N-ethyl adjacent to an activating group) is 1. The molecule has 31 heavy (non-hydrogen) atoms. The van der Waals surface area contributed by atoms with Gasteiger partial charge in [0, 0.05) is 5.56 Å². The number of amides is 2. The van der Waals surface area contributed by atoms with E-state index < -0.39 is 11.8 Å². The zero-order chi connectivity index (χ0) is 22.2. The molecule has 0 radical (unpaired) electrons. The summed E-state index contributed by atoms with van der Waals surface area (Å²) < 4.78 is 5.28. The Morgan fingerprint density at radius 3 is 2.19 bits per heavy atom. The van der Waals surface area contributed by atoms with E-state index in [9.17, 15) is 9.59 Å². The fourth-order valence-corrected chi connectivity index (χ4v) is 4.04. The summed E-state index contributed by atoms with van der Waals surface area (Å²) >= 11 is 0. The maximum atomic E-state index is 12.5. The van der Waals surface area contributed by atoms with Gasteiger partial charge in [-0.3, -0.25) is 9.59 Å². The number of quaternary nitrogens is 2. The van der Waals surface area contributed by atoms with Gasteiger partial charge in [-0.25, -0.2) is 0 Å². The molecule has 1 aliphatic heterocycles. The first kappa shape index (κ1) is 22.8. The predicted molar refractivity (Wildman–Crippen MR) is 119 cm³/mol. The molecule has 0 saturated carbocycles. The Morgan fingerprint density at radius 1 is 0.935 bits per heavy atom. The molecule has 1 heterocycles. The number of piperazine rings is 1. The molecule has 0 spiro atoms. The number of carbonyl (C=O) groups is 2. The highest BCUT2D eigenvalue weighted by Gasteiger charge is 2.30. The average molecular weight is 427 g/mol. The summed E-state index contributed by atoms with van der Waals surface area (Å²) in [5, 5.41) is 5.65. The molecule has 2 aromatic rings. The largest absolute Gasteiger partial charge is 0.497 e. The first-order valence-electron chi connectivity index (χ1n) is 10.9. The van der Waals surface area contributed by atoms with Gasteiger partial charge < -0.3 is 25.2 Å². The lowest BCUT2D eigenvalue weighted by Crippen LogP contribution is -3.27. The summed E-state index contributed by atoms with van der Waals surface area (Å²) in [4.78, 5) is 27.9. The lowest BCUT2D eigenvalue weighted by molar-refractivity contribution is -1.02. The van der Waals surface area contributed by atoms with Crippen molar-refractivity contribution < 1.29 is 24.1 Å². The van der Waals surface area contributed by atoms with Crippen molar-refractivity contribution >= 4 is 11.8 Å². The van der Waals surface area contributed by atoms with Crippen LogP contribution in [0.1, 0.15) is 30.1 Å². The first-order valence-corrected chi connectivity index (χ1v) is 10.9. The first-order chi connectivity index (χ1) is 15.0. The Labute approximate surface area is 184 Å². The van der Waals surface area contributed by atoms with Crippen molar-refractivity contribution in [2.45, 2.75) is 19.0 Å². The van der Waals surface area contributed by atoms with Crippen LogP contribution in [0.4, 0.5) is 0 Å². The van der Waals surface area contributed by atoms with Crippen molar-refractivity contribution in [1.82, 2.24) is 10.6 Å². The maximum absolute atomic E-state index is 12.5. The normalized spacial score (nSPS) is 20.4. The molecule has 2 amide bonds. The monoisotopic (exact) mass is 426 g/mol. The average Bonchev–Trinajstić information content (AvgIpc) is 2.81. The number of benzene rings is 2. The number of methoxy groups -OCH3 is 1. The van der Waals surface area contributed by atoms with Gasteiger partial charge in [0.05, 0.1) is 26.7 Å². The molecule has 3 rings (SSSR count). The Kier molecular flexibility index (Phi) is 8.03. The molecule has 0 aromatic heterocycles. The van der Waals surface area contributed by atoms with Crippen molar-refractivity contribution in [1.29, 1.82) is 0 Å². The van der Waals surface area contributed by atoms with Crippen LogP contribution in [0.3, 0.4) is 0 Å². The fourth-order valence-electron chi connectivity index (χ4n) is 4.04. The van der Waals surface area contributed by atoms with Crippen LogP contribution in [-0.4, -0.2) is 58.7 Å². The van der Waals surface area contributed by atoms with Gasteiger partial charge in [0.25, 0.3) is 0 Å². The van der Waals surface area contributed by atoms with Gasteiger partial charge in [0.15, 0.2) is 0 Å². The second kappa shape index (κ2) is 10.9. The number of hydrogen-bond acceptors (Lipinski definition) is 3. The van der Waals surface area contributed by atoms with Crippen molar-refractivity contribution in [2.24, 2.45) is 0 Å². The smallest absolute Gasteiger partial charge is 0.309 e. The highest BCUT2D eigenvalue weighted by Crippen LogP contribution is 2.16. The summed E-state index contributed by atoms with van der Waals surface area (Å²) in [6.07, 6.45) is 0. The summed E-state index contributed by atoms with van der Waals surface area (Å²) in [6.45, 7) is 6.51. The predicted octanol–water partition coefficient (Wildman–Crippen LogP) is -0.857. The minimum absolute atomic E-state index is 0.0855. The second-order valence-electron chi connectivity index (χ2n) is 8.26. The van der Waals surface area contributed by atoms with Gasteiger partial charge in [-0.15, -0.1) is 0 Å². The molecule has 0 bridgehead atoms. The van der Waals surface area contributed by atoms with Crippen LogP contribution >= 0.6 is 0 Å². The number of hydrogen-bond donors (Lipinski definition) is 4. The molecular formula is C24H34N4O3+2. The summed E-state index contributed by atoms with van der Waals surface area (Å²) in [6, 6.07) is 17.4. The Hall–Kier alpha value is -2.90. The van der Waals surface area contributed by atoms with Crippen LogP contribution in [0.15, 0.2) is 54.6 Å². The molecule has 7 heteroatoms. The minimum Gasteiger partial charge on any atom is -0.497 e. The minimum atomic E-state index is -0.609. The van der Waals surface area contributed by atoms with E-state index in [0.29, 0.717) is 6.54 Å². The van der Waals surface area contributed by atoms with Gasteiger partial charge in [-0.2, -0.15) is 0 Å². The van der Waals surface area contributed by atoms with Gasteiger partial charge in [-0.1, -0.05) is 30.3 Å². The lowest BCUT2D eigenvalue weighted by atomic mass is 10.0. The highest BCUT2D eigenvalue weighted by molar-refractivity contribution is 6.35. The highest BCUT2D eigenvalue weighted by atomic mass is 16.5. The molecule has 7 nitrogen and oxygen atoms in total. The van der Waals surface area contributed by atoms with E-state index in [1.54, 1.807) is 7.11 Å². The van der Waals surface area contributed by atoms with E-state index in [1.807, 2.05) is 61.5 Å². The third-order valence-electron chi connectivity index (χ3n) is 6.08. The van der Waals surface area contributed by atoms with Crippen LogP contribution in [0, 0.1) is 0 Å². The maximum Gasteiger partial charge on any atom is 0.309 e. The van der Waals surface area contributed by atoms with Crippen LogP contribution in [0.25, 0.3) is 0 Å². The molecule has 4 N–H and O–H groups in total. The van der Waals surface area contributed by atoms with Crippen molar-refractivity contribution in [3.63, 3.8) is 0 Å². The van der Waals surface area contributed by atoms with E-state index in [-0.39, 0.29) is 12.1 Å². The molecular weight excluding hydrogens is 392 g/mol. The molecule has 2 atom stereocenters. The molecule has 1 saturated heterocycles. The molecule has 0 unspecified atom stereocenters. The van der Waals surface area contributed by atoms with Crippen LogP contribution in [-0.2, 0) is 9.59 Å². The molecule has 166 valence electrons. The van der Waals surface area contributed by atoms with Gasteiger partial charge >= 0.3 is 11.8 Å². The zero-order valence-corrected chi connectivity index (χ0v) is 18.6. The van der Waals surface area contributed by atoms with Crippen LogP contribution in [0.2, 0.25) is 0 Å². The van der Waals surface area contributed by atoms with Gasteiger partial charge in [0.1, 0.15) is 38.0 Å². The third kappa shape index (κ3) is 6.29. The molecule has 0 aliphatic carbocycles. The van der Waals surface area contributed by atoms with E-state index in [0.717, 1.165) is 43.1 Å². The topological polar surface area (TPSA) is 76.3 Å². The number of nitrogens with one attached hydrogen (secondary N) is 4. The van der Waals surface area contributed by atoms with Crippen molar-refractivity contribution in [3.05, 3.63) is 65.7 Å². The number of ether oxygens (including phenoxy) is 1. The summed E-state index contributed by atoms with van der Waals surface area (Å²) in [7, 11) is 3.86. The lowest BCUT2D eigenvalue weighted by Gasteiger charge is -2.33. The molecule has 2 aromatic carbocycles. The standard InChI is InChI=1S/C24H32N4O3/c1-18(19-7-5-4-6-8-19)26-24(30)23(29)25-17-22(28-15-13-27(2)14-16-28)20-9-11-21(31-3)12-10-20/h4-12,18,22H,13-17H2,1-3H3,(H,25,29)(H,26,30)/p+2/t18-,22+/m0/s1. The Bertz CT molecular complexity index is 849. The fraction of sp³-hybridized carbons (Fsp3) is 0.417. The number of rotatable bonds is 7. The van der Waals surface area contributed by atoms with Crippen molar-refractivity contribution in [2.75, 3.05) is 46.9 Å². The van der Waals surface area contributed by atoms with E-state index in [2.05, 4.69) is 17.7 Å². The van der Waals surface area contributed by atoms with Crippen molar-refractivity contribution in [3.8, 4) is 5.75 Å². The van der Waals surface area contributed by atoms with Crippen LogP contribution < -0.4 is 25.2 Å². The second-order valence-corrected chi connectivity index (χ2v) is 8.26. The Morgan fingerprint density at radius 2 is 1.58 bits per heavy atom. The van der Waals surface area contributed by atoms with Crippen LogP contribution in [0.5, 0.6) is 5.75 Å². The Balaban J connectivity index is 1.63. The van der Waals surface area contributed by atoms with Gasteiger partial charge in [0.2, 0.25) is 0 Å². The van der Waals surface area contributed by atoms with E-state index in [4.69, 9.17) is 4.74 Å². The SMILES string of the molecule is COc1ccc([C@@H](CNC(=O)C(=O)N[C@@H](C)c2ccccc2)[NH+]2CC[NH+](C)CC2)cc1. The molecule has 1 aliphatic rings. The van der Waals surface area contributed by atoms with E-state index in [1.165, 1.54) is 9.80 Å². The third-order valence-corrected chi connectivity index (χ3v) is 6.08. The molecule has 1 fully saturated rings. The van der Waals surface area contributed by atoms with Gasteiger partial charge in [-0.05, 0) is 36.8 Å². The summed E-state index contributed by atoms with van der Waals surface area (Å²) in [5.74, 6) is -0.401. The summed E-state index contributed by atoms with van der Waals surface area (Å²) in [5.41, 5.74) is 2.10. The quantitative estimate of drug-likeness (QED) is 0.436. The van der Waals surface area contributed by atoms with E-state index >= 15 is 0 Å².